The SMILES string of the molecule is CC(F)c1ccc(-c2ccc3c(c2)CCN3S(=O)(=O)c2ccc(C3=NC3)s2)cc1. The first kappa shape index (κ1) is 18.5. The maximum absolute atomic E-state index is 13.4. The summed E-state index contributed by atoms with van der Waals surface area (Å²) in [7, 11) is -3.57. The molecule has 0 spiro atoms. The van der Waals surface area contributed by atoms with Crippen LogP contribution in [-0.4, -0.2) is 27.2 Å². The van der Waals surface area contributed by atoms with E-state index in [1.807, 2.05) is 36.4 Å². The third-order valence-electron chi connectivity index (χ3n) is 5.36. The number of thiophene rings is 1. The molecule has 0 bridgehead atoms. The monoisotopic (exact) mass is 426 g/mol. The number of hydrogen-bond acceptors (Lipinski definition) is 4. The van der Waals surface area contributed by atoms with Gasteiger partial charge >= 0.3 is 0 Å². The third kappa shape index (κ3) is 3.28. The van der Waals surface area contributed by atoms with Crippen LogP contribution in [0, 0.1) is 0 Å². The minimum absolute atomic E-state index is 0.356. The first-order valence-electron chi connectivity index (χ1n) is 9.47. The van der Waals surface area contributed by atoms with Crippen LogP contribution in [0.4, 0.5) is 10.1 Å². The molecule has 0 amide bonds. The molecule has 0 fully saturated rings. The van der Waals surface area contributed by atoms with Crippen molar-refractivity contribution in [3.63, 3.8) is 0 Å². The lowest BCUT2D eigenvalue weighted by atomic mass is 10.00. The van der Waals surface area contributed by atoms with Crippen LogP contribution in [-0.2, 0) is 16.4 Å². The molecule has 3 heterocycles. The molecule has 0 saturated carbocycles. The summed E-state index contributed by atoms with van der Waals surface area (Å²) in [6.07, 6.45) is -0.319. The standard InChI is InChI=1S/C22H19FN2O2S2/c1-14(23)15-2-4-16(5-3-15)17-6-7-20-18(12-17)10-11-25(20)29(26,27)22-9-8-21(28-22)19-13-24-19/h2-9,12,14H,10-11,13H2,1H3. The van der Waals surface area contributed by atoms with Gasteiger partial charge in [-0.1, -0.05) is 30.3 Å². The molecule has 1 aromatic heterocycles. The highest BCUT2D eigenvalue weighted by Gasteiger charge is 2.32. The number of nitrogens with zero attached hydrogens (tertiary/aromatic N) is 2. The van der Waals surface area contributed by atoms with Crippen molar-refractivity contribution < 1.29 is 12.8 Å². The largest absolute Gasteiger partial charge is 0.280 e. The van der Waals surface area contributed by atoms with Crippen LogP contribution in [0.15, 0.2) is 63.8 Å². The van der Waals surface area contributed by atoms with Gasteiger partial charge in [-0.15, -0.1) is 11.3 Å². The van der Waals surface area contributed by atoms with E-state index in [4.69, 9.17) is 0 Å². The van der Waals surface area contributed by atoms with Gasteiger partial charge in [0.2, 0.25) is 0 Å². The van der Waals surface area contributed by atoms with E-state index in [1.165, 1.54) is 22.6 Å². The summed E-state index contributed by atoms with van der Waals surface area (Å²) in [6, 6.07) is 16.8. The smallest absolute Gasteiger partial charge is 0.273 e. The Hall–Kier alpha value is -2.51. The topological polar surface area (TPSA) is 49.7 Å². The molecule has 29 heavy (non-hydrogen) atoms. The van der Waals surface area contributed by atoms with Gasteiger partial charge in [0.25, 0.3) is 10.0 Å². The van der Waals surface area contributed by atoms with Crippen molar-refractivity contribution in [3.8, 4) is 11.1 Å². The Labute approximate surface area is 173 Å². The van der Waals surface area contributed by atoms with Gasteiger partial charge in [0, 0.05) is 6.54 Å². The van der Waals surface area contributed by atoms with Crippen LogP contribution in [0.25, 0.3) is 11.1 Å². The maximum atomic E-state index is 13.4. The molecular formula is C22H19FN2O2S2. The van der Waals surface area contributed by atoms with Gasteiger partial charge in [0.05, 0.1) is 22.8 Å². The number of anilines is 1. The van der Waals surface area contributed by atoms with E-state index in [0.29, 0.717) is 29.3 Å². The van der Waals surface area contributed by atoms with E-state index in [2.05, 4.69) is 4.99 Å². The number of alkyl halides is 1. The minimum atomic E-state index is -3.57. The molecule has 4 nitrogen and oxygen atoms in total. The Bertz CT molecular complexity index is 1230. The Morgan fingerprint density at radius 3 is 2.48 bits per heavy atom. The van der Waals surface area contributed by atoms with E-state index < -0.39 is 16.2 Å². The summed E-state index contributed by atoms with van der Waals surface area (Å²) in [4.78, 5) is 5.09. The Morgan fingerprint density at radius 1 is 1.07 bits per heavy atom. The van der Waals surface area contributed by atoms with E-state index in [9.17, 15) is 12.8 Å². The highest BCUT2D eigenvalue weighted by molar-refractivity contribution is 7.94. The van der Waals surface area contributed by atoms with Crippen molar-refractivity contribution in [2.45, 2.75) is 23.7 Å². The van der Waals surface area contributed by atoms with Crippen molar-refractivity contribution in [1.29, 1.82) is 0 Å². The van der Waals surface area contributed by atoms with Crippen LogP contribution in [0.2, 0.25) is 0 Å². The third-order valence-corrected chi connectivity index (χ3v) is 8.78. The fraction of sp³-hybridized carbons (Fsp3) is 0.227. The van der Waals surface area contributed by atoms with Crippen LogP contribution in [0.1, 0.15) is 29.1 Å². The van der Waals surface area contributed by atoms with Crippen LogP contribution < -0.4 is 4.31 Å². The van der Waals surface area contributed by atoms with Gasteiger partial charge in [-0.05, 0) is 59.9 Å². The number of hydrogen-bond donors (Lipinski definition) is 0. The lowest BCUT2D eigenvalue weighted by Gasteiger charge is -2.18. The normalized spacial score (nSPS) is 16.5. The zero-order valence-electron chi connectivity index (χ0n) is 15.8. The summed E-state index contributed by atoms with van der Waals surface area (Å²) in [5.74, 6) is 0. The molecule has 148 valence electrons. The fourth-order valence-corrected chi connectivity index (χ4v) is 6.58. The second-order valence-corrected chi connectivity index (χ2v) is 10.5. The molecule has 0 aliphatic carbocycles. The van der Waals surface area contributed by atoms with Gasteiger partial charge in [-0.2, -0.15) is 0 Å². The van der Waals surface area contributed by atoms with Crippen molar-refractivity contribution in [1.82, 2.24) is 0 Å². The second kappa shape index (κ2) is 6.78. The molecule has 1 atom stereocenters. The molecule has 0 N–H and O–H groups in total. The van der Waals surface area contributed by atoms with Gasteiger partial charge in [-0.3, -0.25) is 9.30 Å². The van der Waals surface area contributed by atoms with Crippen molar-refractivity contribution >= 4 is 32.8 Å². The summed E-state index contributed by atoms with van der Waals surface area (Å²) >= 11 is 1.28. The number of rotatable bonds is 5. The number of benzene rings is 2. The number of fused-ring (bicyclic) bond motifs is 1. The number of sulfonamides is 1. The molecule has 1 unspecified atom stereocenters. The summed E-state index contributed by atoms with van der Waals surface area (Å²) in [5, 5.41) is 0. The van der Waals surface area contributed by atoms with Crippen LogP contribution >= 0.6 is 11.3 Å². The minimum Gasteiger partial charge on any atom is -0.280 e. The molecule has 2 aliphatic heterocycles. The van der Waals surface area contributed by atoms with Gasteiger partial charge in [0.1, 0.15) is 10.4 Å². The number of aliphatic imine (C=N–C) groups is 1. The predicted octanol–water partition coefficient (Wildman–Crippen LogP) is 5.00. The van der Waals surface area contributed by atoms with E-state index in [-0.39, 0.29) is 0 Å². The van der Waals surface area contributed by atoms with Gasteiger partial charge in [0.15, 0.2) is 0 Å². The Morgan fingerprint density at radius 2 is 1.79 bits per heavy atom. The molecule has 2 aliphatic rings. The van der Waals surface area contributed by atoms with Crippen LogP contribution in [0.5, 0.6) is 0 Å². The molecular weight excluding hydrogens is 407 g/mol. The van der Waals surface area contributed by atoms with Gasteiger partial charge in [-0.25, -0.2) is 12.8 Å². The number of halogens is 1. The van der Waals surface area contributed by atoms with Crippen molar-refractivity contribution in [2.24, 2.45) is 4.99 Å². The van der Waals surface area contributed by atoms with Crippen molar-refractivity contribution in [3.05, 3.63) is 70.6 Å². The zero-order valence-corrected chi connectivity index (χ0v) is 17.4. The first-order valence-corrected chi connectivity index (χ1v) is 11.7. The molecule has 2 aromatic carbocycles. The predicted molar refractivity (Wildman–Crippen MR) is 115 cm³/mol. The molecule has 5 rings (SSSR count). The lowest BCUT2D eigenvalue weighted by Crippen LogP contribution is -2.28. The molecule has 7 heteroatoms. The molecule has 3 aromatic rings. The van der Waals surface area contributed by atoms with Gasteiger partial charge < -0.3 is 0 Å². The average Bonchev–Trinajstić information content (AvgIpc) is 3.27. The lowest BCUT2D eigenvalue weighted by molar-refractivity contribution is 0.374. The highest BCUT2D eigenvalue weighted by Crippen LogP contribution is 2.38. The quantitative estimate of drug-likeness (QED) is 0.576. The van der Waals surface area contributed by atoms with E-state index >= 15 is 0 Å². The first-order chi connectivity index (χ1) is 13.9. The summed E-state index contributed by atoms with van der Waals surface area (Å²) in [5.41, 5.74) is 5.38. The van der Waals surface area contributed by atoms with Crippen molar-refractivity contribution in [2.75, 3.05) is 17.4 Å². The second-order valence-electron chi connectivity index (χ2n) is 7.29. The highest BCUT2D eigenvalue weighted by atomic mass is 32.2. The summed E-state index contributed by atoms with van der Waals surface area (Å²) in [6.45, 7) is 2.67. The zero-order chi connectivity index (χ0) is 20.2. The molecule has 0 radical (unpaired) electrons. The molecule has 0 saturated heterocycles. The fourth-order valence-electron chi connectivity index (χ4n) is 3.66. The van der Waals surface area contributed by atoms with Crippen LogP contribution in [0.3, 0.4) is 0 Å². The van der Waals surface area contributed by atoms with E-state index in [0.717, 1.165) is 33.0 Å². The van der Waals surface area contributed by atoms with E-state index in [1.54, 1.807) is 18.2 Å². The summed E-state index contributed by atoms with van der Waals surface area (Å²) < 4.78 is 41.6. The Kier molecular flexibility index (Phi) is 4.33. The average molecular weight is 427 g/mol. The maximum Gasteiger partial charge on any atom is 0.273 e. The Balaban J connectivity index is 1.44.